The average Bonchev–Trinajstić information content (AvgIpc) is 3.45. The minimum absolute atomic E-state index is 0.257. The third kappa shape index (κ3) is 4.13. The molecule has 0 radical (unpaired) electrons. The lowest BCUT2D eigenvalue weighted by atomic mass is 10.0. The Kier molecular flexibility index (Phi) is 6.37. The fourth-order valence-corrected chi connectivity index (χ4v) is 4.33. The second kappa shape index (κ2) is 9.89. The van der Waals surface area contributed by atoms with Gasteiger partial charge in [0.05, 0.1) is 33.4 Å². The minimum atomic E-state index is -2.54. The summed E-state index contributed by atoms with van der Waals surface area (Å²) >= 11 is 0. The molecule has 4 aromatic carbocycles. The quantitative estimate of drug-likeness (QED) is 0.105. The summed E-state index contributed by atoms with van der Waals surface area (Å²) in [6.45, 7) is 0. The maximum atomic E-state index is 15.0. The van der Waals surface area contributed by atoms with E-state index in [-0.39, 0.29) is 11.1 Å². The number of rotatable bonds is 5. The van der Waals surface area contributed by atoms with Gasteiger partial charge in [0.15, 0.2) is 23.3 Å². The number of hydrogen-bond donors (Lipinski definition) is 0. The number of benzene rings is 4. The van der Waals surface area contributed by atoms with Crippen molar-refractivity contribution in [1.29, 1.82) is 0 Å². The van der Waals surface area contributed by atoms with E-state index in [2.05, 4.69) is 9.47 Å². The van der Waals surface area contributed by atoms with E-state index in [9.17, 15) is 36.7 Å². The van der Waals surface area contributed by atoms with Gasteiger partial charge in [0.2, 0.25) is 34.8 Å². The molecule has 0 N–H and O–H groups in total. The Labute approximate surface area is 236 Å². The number of hydrogen-bond acceptors (Lipinski definition) is 8. The van der Waals surface area contributed by atoms with Crippen LogP contribution in [0.3, 0.4) is 0 Å². The summed E-state index contributed by atoms with van der Waals surface area (Å²) in [5, 5.41) is 0. The molecular formula is C28H6F8O8. The third-order valence-electron chi connectivity index (χ3n) is 6.37. The maximum Gasteiger partial charge on any atom is 0.347 e. The zero-order valence-electron chi connectivity index (χ0n) is 20.8. The Hall–Kier alpha value is -5.80. The molecule has 4 aromatic rings. The van der Waals surface area contributed by atoms with Crippen molar-refractivity contribution in [2.24, 2.45) is 0 Å². The molecule has 0 fully saturated rings. The molecule has 2 aliphatic rings. The van der Waals surface area contributed by atoms with Gasteiger partial charge in [0, 0.05) is 0 Å². The number of cyclic esters (lactones) is 4. The molecule has 0 atom stereocenters. The number of halogens is 8. The molecular weight excluding hydrogens is 616 g/mol. The molecule has 2 heterocycles. The zero-order valence-corrected chi connectivity index (χ0v) is 20.8. The molecule has 0 saturated heterocycles. The van der Waals surface area contributed by atoms with Gasteiger partial charge in [-0.25, -0.2) is 36.7 Å². The highest BCUT2D eigenvalue weighted by Crippen LogP contribution is 2.43. The van der Waals surface area contributed by atoms with Gasteiger partial charge in [-0.15, -0.1) is 0 Å². The summed E-state index contributed by atoms with van der Waals surface area (Å²) in [5.41, 5.74) is -5.75. The van der Waals surface area contributed by atoms with E-state index in [1.165, 1.54) is 0 Å². The van der Waals surface area contributed by atoms with Crippen LogP contribution in [0.2, 0.25) is 0 Å². The maximum absolute atomic E-state index is 15.0. The Morgan fingerprint density at radius 1 is 0.409 bits per heavy atom. The zero-order chi connectivity index (χ0) is 31.8. The summed E-state index contributed by atoms with van der Waals surface area (Å²) in [4.78, 5) is 46.5. The minimum Gasteiger partial charge on any atom is -0.451 e. The fraction of sp³-hybridized carbons (Fsp3) is 0. The van der Waals surface area contributed by atoms with Crippen LogP contribution in [0, 0.1) is 46.5 Å². The lowest BCUT2D eigenvalue weighted by Gasteiger charge is -2.16. The first kappa shape index (κ1) is 28.3. The molecule has 0 amide bonds. The highest BCUT2D eigenvalue weighted by atomic mass is 19.2. The molecule has 0 saturated carbocycles. The number of carbonyl (C=O) groups is 4. The molecule has 0 bridgehead atoms. The van der Waals surface area contributed by atoms with Crippen molar-refractivity contribution < 1.29 is 73.2 Å². The van der Waals surface area contributed by atoms with Crippen molar-refractivity contribution in [3.8, 4) is 34.1 Å². The summed E-state index contributed by atoms with van der Waals surface area (Å²) in [6.07, 6.45) is 0. The normalized spacial score (nSPS) is 13.5. The third-order valence-corrected chi connectivity index (χ3v) is 6.37. The second-order valence-corrected chi connectivity index (χ2v) is 8.89. The van der Waals surface area contributed by atoms with Crippen molar-refractivity contribution in [3.05, 3.63) is 105 Å². The van der Waals surface area contributed by atoms with Crippen molar-refractivity contribution in [1.82, 2.24) is 0 Å². The Balaban J connectivity index is 1.41. The summed E-state index contributed by atoms with van der Waals surface area (Å²) in [6, 6.07) is 5.09. The first-order valence-electron chi connectivity index (χ1n) is 11.7. The lowest BCUT2D eigenvalue weighted by Crippen LogP contribution is -2.09. The standard InChI is InChI=1S/C28H6F8O8/c29-15-13(16(30)20(34)23(19(15)33)41-7-1-3-9-11(5-7)27(39)43-25(9)37)14-17(31)21(35)24(22(36)18(14)32)42-8-2-4-10-12(6-8)28(40)44-26(10)38/h1-6H. The monoisotopic (exact) mass is 622 g/mol. The molecule has 0 unspecified atom stereocenters. The van der Waals surface area contributed by atoms with Crippen molar-refractivity contribution in [2.45, 2.75) is 0 Å². The summed E-state index contributed by atoms with van der Waals surface area (Å²) < 4.78 is 138. The average molecular weight is 622 g/mol. The largest absolute Gasteiger partial charge is 0.451 e. The van der Waals surface area contributed by atoms with E-state index < -0.39 is 116 Å². The smallest absolute Gasteiger partial charge is 0.347 e. The highest BCUT2D eigenvalue weighted by Gasteiger charge is 2.37. The molecule has 222 valence electrons. The number of fused-ring (bicyclic) bond motifs is 2. The van der Waals surface area contributed by atoms with Gasteiger partial charge in [-0.3, -0.25) is 0 Å². The van der Waals surface area contributed by atoms with Crippen LogP contribution in [0.4, 0.5) is 35.1 Å². The van der Waals surface area contributed by atoms with Crippen molar-refractivity contribution in [3.63, 3.8) is 0 Å². The van der Waals surface area contributed by atoms with Crippen LogP contribution < -0.4 is 9.47 Å². The van der Waals surface area contributed by atoms with E-state index in [0.717, 1.165) is 36.4 Å². The SMILES string of the molecule is O=C1OC(=O)c2cc(Oc3c(F)c(F)c(-c4c(F)c(F)c(Oc5ccc6c(c5)C(=O)OC6=O)c(F)c4F)c(F)c3F)ccc21. The van der Waals surface area contributed by atoms with Crippen LogP contribution in [-0.4, -0.2) is 23.9 Å². The Bertz CT molecular complexity index is 1840. The van der Waals surface area contributed by atoms with E-state index in [1.54, 1.807) is 0 Å². The number of esters is 4. The van der Waals surface area contributed by atoms with E-state index >= 15 is 17.6 Å². The second-order valence-electron chi connectivity index (χ2n) is 8.89. The molecule has 16 heteroatoms. The number of carbonyl (C=O) groups excluding carboxylic acids is 4. The first-order chi connectivity index (χ1) is 20.8. The molecule has 0 aliphatic carbocycles. The van der Waals surface area contributed by atoms with Crippen LogP contribution in [-0.2, 0) is 9.47 Å². The van der Waals surface area contributed by atoms with Gasteiger partial charge in [0.1, 0.15) is 11.5 Å². The van der Waals surface area contributed by atoms with Gasteiger partial charge in [-0.1, -0.05) is 0 Å². The van der Waals surface area contributed by atoms with E-state index in [0.29, 0.717) is 0 Å². The molecule has 6 rings (SSSR count). The van der Waals surface area contributed by atoms with Gasteiger partial charge < -0.3 is 18.9 Å². The van der Waals surface area contributed by atoms with E-state index in [4.69, 9.17) is 9.47 Å². The lowest BCUT2D eigenvalue weighted by molar-refractivity contribution is 0.0425. The Morgan fingerprint density at radius 3 is 1.02 bits per heavy atom. The van der Waals surface area contributed by atoms with Crippen LogP contribution in [0.25, 0.3) is 11.1 Å². The highest BCUT2D eigenvalue weighted by molar-refractivity contribution is 6.15. The summed E-state index contributed by atoms with van der Waals surface area (Å²) in [5.74, 6) is -29.1. The predicted octanol–water partition coefficient (Wildman–Crippen LogP) is 6.67. The van der Waals surface area contributed by atoms with Crippen molar-refractivity contribution >= 4 is 23.9 Å². The molecule has 8 nitrogen and oxygen atoms in total. The van der Waals surface area contributed by atoms with E-state index in [1.807, 2.05) is 0 Å². The Morgan fingerprint density at radius 2 is 0.705 bits per heavy atom. The van der Waals surface area contributed by atoms with Crippen LogP contribution in [0.5, 0.6) is 23.0 Å². The van der Waals surface area contributed by atoms with Gasteiger partial charge >= 0.3 is 23.9 Å². The molecule has 0 aromatic heterocycles. The van der Waals surface area contributed by atoms with Crippen LogP contribution in [0.15, 0.2) is 36.4 Å². The summed E-state index contributed by atoms with van der Waals surface area (Å²) in [7, 11) is 0. The van der Waals surface area contributed by atoms with Crippen LogP contribution in [0.1, 0.15) is 41.4 Å². The van der Waals surface area contributed by atoms with Gasteiger partial charge in [-0.2, -0.15) is 17.6 Å². The molecule has 44 heavy (non-hydrogen) atoms. The topological polar surface area (TPSA) is 105 Å². The molecule has 2 aliphatic heterocycles. The molecule has 0 spiro atoms. The van der Waals surface area contributed by atoms with Gasteiger partial charge in [-0.05, 0) is 36.4 Å². The first-order valence-corrected chi connectivity index (χ1v) is 11.7. The fourth-order valence-electron chi connectivity index (χ4n) is 4.33. The van der Waals surface area contributed by atoms with Crippen molar-refractivity contribution in [2.75, 3.05) is 0 Å². The number of ether oxygens (including phenoxy) is 4. The van der Waals surface area contributed by atoms with Crippen LogP contribution >= 0.6 is 0 Å². The predicted molar refractivity (Wildman–Crippen MR) is 124 cm³/mol. The van der Waals surface area contributed by atoms with Gasteiger partial charge in [0.25, 0.3) is 0 Å².